The third kappa shape index (κ3) is 2.10. The highest BCUT2D eigenvalue weighted by molar-refractivity contribution is 5.79. The highest BCUT2D eigenvalue weighted by atomic mass is 19.1. The van der Waals surface area contributed by atoms with Crippen molar-refractivity contribution in [1.29, 1.82) is 0 Å². The number of ketones is 1. The van der Waals surface area contributed by atoms with E-state index >= 15 is 0 Å². The van der Waals surface area contributed by atoms with Crippen molar-refractivity contribution in [2.45, 2.75) is 38.0 Å². The standard InChI is InChI=1S/C16H19FO2/c1-11-8-13(4-7-15(11)17)16(9-19-10-16)12-2-5-14(18)6-3-12/h4,7-8,12H,2-3,5-6,9-10H2,1H3. The van der Waals surface area contributed by atoms with Gasteiger partial charge in [0.1, 0.15) is 11.6 Å². The van der Waals surface area contributed by atoms with E-state index in [2.05, 4.69) is 0 Å². The molecule has 0 atom stereocenters. The summed E-state index contributed by atoms with van der Waals surface area (Å²) < 4.78 is 18.9. The molecule has 3 heteroatoms. The van der Waals surface area contributed by atoms with Gasteiger partial charge in [-0.05, 0) is 42.9 Å². The predicted octanol–water partition coefficient (Wildman–Crippen LogP) is 3.16. The van der Waals surface area contributed by atoms with Crippen LogP contribution in [0.5, 0.6) is 0 Å². The molecule has 1 saturated heterocycles. The molecule has 2 nitrogen and oxygen atoms in total. The number of ether oxygens (including phenoxy) is 1. The third-order valence-electron chi connectivity index (χ3n) is 4.78. The summed E-state index contributed by atoms with van der Waals surface area (Å²) in [4.78, 5) is 11.4. The quantitative estimate of drug-likeness (QED) is 0.818. The molecule has 0 amide bonds. The first-order valence-corrected chi connectivity index (χ1v) is 6.98. The van der Waals surface area contributed by atoms with E-state index in [1.165, 1.54) is 5.56 Å². The number of aryl methyl sites for hydroxylation is 1. The highest BCUT2D eigenvalue weighted by Crippen LogP contribution is 2.45. The molecule has 102 valence electrons. The normalized spacial score (nSPS) is 23.2. The summed E-state index contributed by atoms with van der Waals surface area (Å²) in [6.07, 6.45) is 3.26. The van der Waals surface area contributed by atoms with Gasteiger partial charge in [-0.2, -0.15) is 0 Å². The van der Waals surface area contributed by atoms with Crippen molar-refractivity contribution in [1.82, 2.24) is 0 Å². The maximum Gasteiger partial charge on any atom is 0.132 e. The predicted molar refractivity (Wildman–Crippen MR) is 70.6 cm³/mol. The first-order chi connectivity index (χ1) is 9.12. The fourth-order valence-corrected chi connectivity index (χ4v) is 3.41. The molecule has 0 radical (unpaired) electrons. The number of halogens is 1. The van der Waals surface area contributed by atoms with Crippen molar-refractivity contribution in [3.05, 3.63) is 35.1 Å². The number of carbonyl (C=O) groups is 1. The van der Waals surface area contributed by atoms with Gasteiger partial charge in [-0.15, -0.1) is 0 Å². The molecule has 2 aliphatic rings. The van der Waals surface area contributed by atoms with E-state index < -0.39 is 0 Å². The zero-order valence-corrected chi connectivity index (χ0v) is 11.2. The Hall–Kier alpha value is -1.22. The number of carbonyl (C=O) groups excluding carboxylic acids is 1. The minimum absolute atomic E-state index is 0.0131. The van der Waals surface area contributed by atoms with E-state index in [4.69, 9.17) is 4.74 Å². The van der Waals surface area contributed by atoms with E-state index in [0.29, 0.717) is 43.3 Å². The van der Waals surface area contributed by atoms with Crippen LogP contribution in [-0.4, -0.2) is 19.0 Å². The fourth-order valence-electron chi connectivity index (χ4n) is 3.41. The van der Waals surface area contributed by atoms with Crippen molar-refractivity contribution in [2.24, 2.45) is 5.92 Å². The molecular formula is C16H19FO2. The minimum Gasteiger partial charge on any atom is -0.379 e. The molecule has 1 aliphatic heterocycles. The van der Waals surface area contributed by atoms with Gasteiger partial charge in [0.2, 0.25) is 0 Å². The second kappa shape index (κ2) is 4.71. The zero-order chi connectivity index (χ0) is 13.5. The summed E-state index contributed by atoms with van der Waals surface area (Å²) in [6, 6.07) is 5.40. The summed E-state index contributed by atoms with van der Waals surface area (Å²) in [5.74, 6) is 0.712. The number of benzene rings is 1. The molecule has 3 rings (SSSR count). The van der Waals surface area contributed by atoms with Crippen molar-refractivity contribution in [3.63, 3.8) is 0 Å². The van der Waals surface area contributed by atoms with Crippen LogP contribution < -0.4 is 0 Å². The first-order valence-electron chi connectivity index (χ1n) is 6.98. The topological polar surface area (TPSA) is 26.3 Å². The zero-order valence-electron chi connectivity index (χ0n) is 11.2. The summed E-state index contributed by atoms with van der Waals surface area (Å²) in [5.41, 5.74) is 1.88. The molecule has 0 unspecified atom stereocenters. The number of Topliss-reactive ketones (excluding diaryl/α,β-unsaturated/α-hetero) is 1. The molecule has 1 aliphatic carbocycles. The Bertz CT molecular complexity index is 495. The van der Waals surface area contributed by atoms with Crippen LogP contribution in [0.1, 0.15) is 36.8 Å². The van der Waals surface area contributed by atoms with Crippen LogP contribution in [0.2, 0.25) is 0 Å². The van der Waals surface area contributed by atoms with E-state index in [1.54, 1.807) is 13.0 Å². The van der Waals surface area contributed by atoms with Gasteiger partial charge >= 0.3 is 0 Å². The third-order valence-corrected chi connectivity index (χ3v) is 4.78. The van der Waals surface area contributed by atoms with E-state index in [9.17, 15) is 9.18 Å². The molecule has 1 aromatic carbocycles. The maximum absolute atomic E-state index is 13.4. The lowest BCUT2D eigenvalue weighted by molar-refractivity contribution is -0.127. The Labute approximate surface area is 113 Å². The average molecular weight is 262 g/mol. The van der Waals surface area contributed by atoms with Gasteiger partial charge in [-0.25, -0.2) is 4.39 Å². The number of hydrogen-bond acceptors (Lipinski definition) is 2. The molecular weight excluding hydrogens is 243 g/mol. The smallest absolute Gasteiger partial charge is 0.132 e. The van der Waals surface area contributed by atoms with Crippen molar-refractivity contribution in [2.75, 3.05) is 13.2 Å². The summed E-state index contributed by atoms with van der Waals surface area (Å²) in [7, 11) is 0. The van der Waals surface area contributed by atoms with E-state index in [-0.39, 0.29) is 11.2 Å². The number of rotatable bonds is 2. The number of hydrogen-bond donors (Lipinski definition) is 0. The molecule has 19 heavy (non-hydrogen) atoms. The molecule has 0 bridgehead atoms. The van der Waals surface area contributed by atoms with Gasteiger partial charge < -0.3 is 4.74 Å². The van der Waals surface area contributed by atoms with Crippen LogP contribution in [0.4, 0.5) is 4.39 Å². The summed E-state index contributed by atoms with van der Waals surface area (Å²) in [5, 5.41) is 0. The summed E-state index contributed by atoms with van der Waals surface area (Å²) in [6.45, 7) is 3.21. The molecule has 1 heterocycles. The molecule has 0 N–H and O–H groups in total. The van der Waals surface area contributed by atoms with Gasteiger partial charge in [0.15, 0.2) is 0 Å². The maximum atomic E-state index is 13.4. The molecule has 1 saturated carbocycles. The SMILES string of the molecule is Cc1cc(C2(C3CCC(=O)CC3)COC2)ccc1F. The lowest BCUT2D eigenvalue weighted by atomic mass is 9.63. The monoisotopic (exact) mass is 262 g/mol. The van der Waals surface area contributed by atoms with Crippen LogP contribution in [0.25, 0.3) is 0 Å². The largest absolute Gasteiger partial charge is 0.379 e. The molecule has 2 fully saturated rings. The molecule has 1 aromatic rings. The minimum atomic E-state index is -0.155. The second-order valence-corrected chi connectivity index (χ2v) is 5.93. The van der Waals surface area contributed by atoms with Gasteiger partial charge in [-0.3, -0.25) is 4.79 Å². The lowest BCUT2D eigenvalue weighted by Gasteiger charge is -2.49. The van der Waals surface area contributed by atoms with Crippen LogP contribution in [-0.2, 0) is 14.9 Å². The van der Waals surface area contributed by atoms with E-state index in [0.717, 1.165) is 12.8 Å². The molecule has 0 aromatic heterocycles. The van der Waals surface area contributed by atoms with Crippen LogP contribution in [0.15, 0.2) is 18.2 Å². The van der Waals surface area contributed by atoms with Crippen LogP contribution in [0.3, 0.4) is 0 Å². The van der Waals surface area contributed by atoms with Gasteiger partial charge in [0, 0.05) is 18.3 Å². The van der Waals surface area contributed by atoms with Gasteiger partial charge in [0.05, 0.1) is 13.2 Å². The Kier molecular flexibility index (Phi) is 3.17. The fraction of sp³-hybridized carbons (Fsp3) is 0.562. The second-order valence-electron chi connectivity index (χ2n) is 5.93. The van der Waals surface area contributed by atoms with Gasteiger partial charge in [0.25, 0.3) is 0 Å². The van der Waals surface area contributed by atoms with Gasteiger partial charge in [-0.1, -0.05) is 12.1 Å². The van der Waals surface area contributed by atoms with E-state index in [1.807, 2.05) is 12.1 Å². The Morgan fingerprint density at radius 2 is 1.95 bits per heavy atom. The van der Waals surface area contributed by atoms with Crippen molar-refractivity contribution >= 4 is 5.78 Å². The van der Waals surface area contributed by atoms with Crippen molar-refractivity contribution in [3.8, 4) is 0 Å². The Balaban J connectivity index is 1.90. The first kappa shape index (κ1) is 12.8. The van der Waals surface area contributed by atoms with Crippen molar-refractivity contribution < 1.29 is 13.9 Å². The highest BCUT2D eigenvalue weighted by Gasteiger charge is 2.47. The lowest BCUT2D eigenvalue weighted by Crippen LogP contribution is -2.53. The Morgan fingerprint density at radius 3 is 2.47 bits per heavy atom. The van der Waals surface area contributed by atoms with Crippen LogP contribution >= 0.6 is 0 Å². The Morgan fingerprint density at radius 1 is 1.26 bits per heavy atom. The summed E-state index contributed by atoms with van der Waals surface area (Å²) >= 11 is 0. The average Bonchev–Trinajstić information content (AvgIpc) is 2.34. The molecule has 0 spiro atoms. The van der Waals surface area contributed by atoms with Crippen LogP contribution in [0, 0.1) is 18.7 Å².